The Labute approximate surface area is 166 Å². The largest absolute Gasteiger partial charge is 0.319 e. The molecular weight excluding hydrogens is 364 g/mol. The lowest BCUT2D eigenvalue weighted by molar-refractivity contribution is 0.106. The van der Waals surface area contributed by atoms with Crippen molar-refractivity contribution in [1.29, 1.82) is 0 Å². The molecule has 6 heteroatoms. The van der Waals surface area contributed by atoms with Gasteiger partial charge in [0.05, 0.1) is 16.7 Å². The summed E-state index contributed by atoms with van der Waals surface area (Å²) in [6.45, 7) is 1.98. The van der Waals surface area contributed by atoms with E-state index in [2.05, 4.69) is 20.5 Å². The first-order valence-corrected chi connectivity index (χ1v) is 9.11. The fourth-order valence-electron chi connectivity index (χ4n) is 2.88. The first-order chi connectivity index (χ1) is 14.1. The van der Waals surface area contributed by atoms with Crippen molar-refractivity contribution in [3.8, 4) is 0 Å². The minimum Gasteiger partial charge on any atom is -0.319 e. The molecule has 0 aliphatic heterocycles. The van der Waals surface area contributed by atoms with Crippen molar-refractivity contribution in [3.63, 3.8) is 0 Å². The number of hydrazone groups is 1. The number of ketones is 1. The number of benzene rings is 3. The molecule has 0 amide bonds. The van der Waals surface area contributed by atoms with Gasteiger partial charge in [-0.25, -0.2) is 4.98 Å². The number of nitrogens with zero attached hydrogens (tertiary/aromatic N) is 2. The zero-order valence-corrected chi connectivity index (χ0v) is 15.7. The third kappa shape index (κ3) is 3.96. The number of hydrogen-bond donors (Lipinski definition) is 2. The third-order valence-electron chi connectivity index (χ3n) is 4.42. The fourth-order valence-corrected chi connectivity index (χ4v) is 2.88. The Balaban J connectivity index is 1.82. The quantitative estimate of drug-likeness (QED) is 0.311. The maximum Gasteiger partial charge on any atom is 0.276 e. The number of hydrogen-bond acceptors (Lipinski definition) is 5. The van der Waals surface area contributed by atoms with Crippen LogP contribution in [0.2, 0.25) is 0 Å². The lowest BCUT2D eigenvalue weighted by Gasteiger charge is -2.08. The average molecular weight is 382 g/mol. The highest BCUT2D eigenvalue weighted by molar-refractivity contribution is 6.51. The number of aromatic nitrogens is 2. The molecule has 142 valence electrons. The SMILES string of the molecule is Cc1ccc(N/N=C(/C(=O)c2ccccc2)c2nc3ccccc3[nH]c2=O)cc1. The Morgan fingerprint density at radius 1 is 0.931 bits per heavy atom. The molecule has 1 aromatic heterocycles. The molecule has 0 aliphatic carbocycles. The minimum atomic E-state index is -0.475. The van der Waals surface area contributed by atoms with Crippen molar-refractivity contribution in [2.24, 2.45) is 5.10 Å². The fraction of sp³-hybridized carbons (Fsp3) is 0.0435. The summed E-state index contributed by atoms with van der Waals surface area (Å²) in [5, 5.41) is 4.27. The van der Waals surface area contributed by atoms with Gasteiger partial charge in [0.15, 0.2) is 11.4 Å². The predicted molar refractivity (Wildman–Crippen MR) is 114 cm³/mol. The van der Waals surface area contributed by atoms with Crippen molar-refractivity contribution in [1.82, 2.24) is 9.97 Å². The van der Waals surface area contributed by atoms with E-state index in [0.717, 1.165) is 5.56 Å². The molecule has 4 rings (SSSR count). The van der Waals surface area contributed by atoms with Crippen LogP contribution in [0.15, 0.2) is 88.8 Å². The lowest BCUT2D eigenvalue weighted by Crippen LogP contribution is -2.27. The van der Waals surface area contributed by atoms with Crippen LogP contribution in [0.25, 0.3) is 11.0 Å². The van der Waals surface area contributed by atoms with Crippen molar-refractivity contribution < 1.29 is 4.79 Å². The van der Waals surface area contributed by atoms with Gasteiger partial charge in [-0.1, -0.05) is 60.2 Å². The highest BCUT2D eigenvalue weighted by Crippen LogP contribution is 2.12. The molecule has 0 atom stereocenters. The molecule has 2 N–H and O–H groups in total. The van der Waals surface area contributed by atoms with Gasteiger partial charge in [-0.2, -0.15) is 5.10 Å². The van der Waals surface area contributed by atoms with Crippen molar-refractivity contribution in [3.05, 3.63) is 106 Å². The number of fused-ring (bicyclic) bond motifs is 1. The van der Waals surface area contributed by atoms with E-state index in [1.165, 1.54) is 0 Å². The van der Waals surface area contributed by atoms with Gasteiger partial charge in [-0.3, -0.25) is 15.0 Å². The van der Waals surface area contributed by atoms with Crippen molar-refractivity contribution in [2.45, 2.75) is 6.92 Å². The van der Waals surface area contributed by atoms with Crippen LogP contribution in [-0.2, 0) is 0 Å². The average Bonchev–Trinajstić information content (AvgIpc) is 2.76. The number of rotatable bonds is 5. The summed E-state index contributed by atoms with van der Waals surface area (Å²) in [6, 6.07) is 23.4. The number of nitrogens with one attached hydrogen (secondary N) is 2. The van der Waals surface area contributed by atoms with E-state index in [1.807, 2.05) is 49.4 Å². The molecule has 1 heterocycles. The van der Waals surface area contributed by atoms with E-state index in [-0.39, 0.29) is 11.4 Å². The molecule has 0 bridgehead atoms. The number of H-pyrrole nitrogens is 1. The molecule has 0 fully saturated rings. The molecule has 0 aliphatic rings. The number of anilines is 1. The summed E-state index contributed by atoms with van der Waals surface area (Å²) >= 11 is 0. The van der Waals surface area contributed by atoms with Gasteiger partial charge in [-0.15, -0.1) is 0 Å². The molecule has 3 aromatic carbocycles. The number of para-hydroxylation sites is 2. The maximum atomic E-state index is 13.1. The van der Waals surface area contributed by atoms with Crippen LogP contribution in [0.4, 0.5) is 5.69 Å². The van der Waals surface area contributed by atoms with E-state index < -0.39 is 11.3 Å². The zero-order valence-electron chi connectivity index (χ0n) is 15.7. The van der Waals surface area contributed by atoms with Gasteiger partial charge in [0.1, 0.15) is 0 Å². The van der Waals surface area contributed by atoms with E-state index >= 15 is 0 Å². The Kier molecular flexibility index (Phi) is 4.99. The molecule has 4 aromatic rings. The Morgan fingerprint density at radius 2 is 1.62 bits per heavy atom. The molecule has 6 nitrogen and oxygen atoms in total. The highest BCUT2D eigenvalue weighted by Gasteiger charge is 2.21. The Morgan fingerprint density at radius 3 is 2.38 bits per heavy atom. The standard InChI is InChI=1S/C23H18N4O2/c1-15-11-13-17(14-12-15)26-27-20(22(28)16-7-3-2-4-8-16)21-23(29)25-19-10-6-5-9-18(19)24-21/h2-14,26H,1H3,(H,25,29)/b27-20+. The third-order valence-corrected chi connectivity index (χ3v) is 4.42. The van der Waals surface area contributed by atoms with E-state index in [9.17, 15) is 9.59 Å². The summed E-state index contributed by atoms with van der Waals surface area (Å²) in [7, 11) is 0. The molecule has 0 unspecified atom stereocenters. The molecular formula is C23H18N4O2. The second-order valence-corrected chi connectivity index (χ2v) is 6.57. The van der Waals surface area contributed by atoms with E-state index in [4.69, 9.17) is 0 Å². The van der Waals surface area contributed by atoms with Gasteiger partial charge in [0, 0.05) is 5.56 Å². The first-order valence-electron chi connectivity index (χ1n) is 9.11. The van der Waals surface area contributed by atoms with Crippen LogP contribution in [0, 0.1) is 6.92 Å². The number of carbonyl (C=O) groups is 1. The van der Waals surface area contributed by atoms with Gasteiger partial charge < -0.3 is 4.98 Å². The van der Waals surface area contributed by atoms with Crippen LogP contribution < -0.4 is 11.0 Å². The van der Waals surface area contributed by atoms with Crippen LogP contribution in [0.5, 0.6) is 0 Å². The molecule has 0 radical (unpaired) electrons. The highest BCUT2D eigenvalue weighted by atomic mass is 16.1. The van der Waals surface area contributed by atoms with Crippen LogP contribution >= 0.6 is 0 Å². The maximum absolute atomic E-state index is 13.1. The number of aromatic amines is 1. The number of aryl methyl sites for hydroxylation is 1. The monoisotopic (exact) mass is 382 g/mol. The predicted octanol–water partition coefficient (Wildman–Crippen LogP) is 3.93. The normalized spacial score (nSPS) is 11.4. The Bertz CT molecular complexity index is 1260. The summed E-state index contributed by atoms with van der Waals surface area (Å²) < 4.78 is 0. The molecule has 0 spiro atoms. The van der Waals surface area contributed by atoms with Gasteiger partial charge in [0.2, 0.25) is 5.78 Å². The Hall–Kier alpha value is -4.06. The van der Waals surface area contributed by atoms with Gasteiger partial charge in [-0.05, 0) is 31.2 Å². The summed E-state index contributed by atoms with van der Waals surface area (Å²) in [5.74, 6) is -0.390. The van der Waals surface area contributed by atoms with Gasteiger partial charge in [0.25, 0.3) is 5.56 Å². The molecule has 0 saturated carbocycles. The van der Waals surface area contributed by atoms with Crippen LogP contribution in [0.3, 0.4) is 0 Å². The second kappa shape index (κ2) is 7.90. The van der Waals surface area contributed by atoms with Crippen molar-refractivity contribution >= 4 is 28.2 Å². The van der Waals surface area contributed by atoms with Gasteiger partial charge >= 0.3 is 0 Å². The zero-order chi connectivity index (χ0) is 20.2. The number of carbonyl (C=O) groups excluding carboxylic acids is 1. The molecule has 29 heavy (non-hydrogen) atoms. The topological polar surface area (TPSA) is 87.2 Å². The summed E-state index contributed by atoms with van der Waals surface area (Å²) in [5.41, 5.74) is 5.71. The minimum absolute atomic E-state index is 0.0304. The molecule has 0 saturated heterocycles. The lowest BCUT2D eigenvalue weighted by atomic mass is 10.0. The second-order valence-electron chi connectivity index (χ2n) is 6.57. The van der Waals surface area contributed by atoms with Crippen LogP contribution in [-0.4, -0.2) is 21.5 Å². The number of Topliss-reactive ketones (excluding diaryl/α,β-unsaturated/α-hetero) is 1. The summed E-state index contributed by atoms with van der Waals surface area (Å²) in [6.07, 6.45) is 0. The van der Waals surface area contributed by atoms with Crippen molar-refractivity contribution in [2.75, 3.05) is 5.43 Å². The first kappa shape index (κ1) is 18.3. The summed E-state index contributed by atoms with van der Waals surface area (Å²) in [4.78, 5) is 33.0. The van der Waals surface area contributed by atoms with E-state index in [1.54, 1.807) is 36.4 Å². The smallest absolute Gasteiger partial charge is 0.276 e. The van der Waals surface area contributed by atoms with Crippen LogP contribution in [0.1, 0.15) is 21.6 Å². The van der Waals surface area contributed by atoms with E-state index in [0.29, 0.717) is 22.3 Å².